The van der Waals surface area contributed by atoms with Crippen LogP contribution in [0.3, 0.4) is 0 Å². The lowest BCUT2D eigenvalue weighted by Gasteiger charge is -2.26. The van der Waals surface area contributed by atoms with Crippen LogP contribution in [0.15, 0.2) is 48.5 Å². The second kappa shape index (κ2) is 7.18. The van der Waals surface area contributed by atoms with E-state index in [9.17, 15) is 19.2 Å². The highest BCUT2D eigenvalue weighted by molar-refractivity contribution is 6.22. The fourth-order valence-corrected chi connectivity index (χ4v) is 4.26. The molecule has 0 atom stereocenters. The Kier molecular flexibility index (Phi) is 4.47. The molecule has 0 radical (unpaired) electrons. The number of nitrogens with zero attached hydrogens (tertiary/aromatic N) is 3. The van der Waals surface area contributed by atoms with Crippen molar-refractivity contribution in [1.29, 1.82) is 0 Å². The van der Waals surface area contributed by atoms with Crippen molar-refractivity contribution in [2.75, 3.05) is 26.2 Å². The Labute approximate surface area is 173 Å². The van der Waals surface area contributed by atoms with Crippen molar-refractivity contribution < 1.29 is 19.2 Å². The van der Waals surface area contributed by atoms with Gasteiger partial charge in [-0.15, -0.1) is 0 Å². The summed E-state index contributed by atoms with van der Waals surface area (Å²) >= 11 is 0. The first-order valence-corrected chi connectivity index (χ1v) is 10.2. The number of imide groups is 2. The van der Waals surface area contributed by atoms with Crippen LogP contribution in [0.5, 0.6) is 0 Å². The molecule has 152 valence electrons. The Bertz CT molecular complexity index is 926. The van der Waals surface area contributed by atoms with Crippen molar-refractivity contribution in [2.24, 2.45) is 0 Å². The molecule has 30 heavy (non-hydrogen) atoms. The first kappa shape index (κ1) is 18.7. The largest absolute Gasteiger partial charge is 0.297 e. The maximum absolute atomic E-state index is 12.6. The molecule has 1 saturated carbocycles. The molecule has 3 aliphatic rings. The highest BCUT2D eigenvalue weighted by atomic mass is 16.2. The van der Waals surface area contributed by atoms with Gasteiger partial charge in [-0.2, -0.15) is 0 Å². The van der Waals surface area contributed by atoms with Gasteiger partial charge in [0, 0.05) is 32.2 Å². The highest BCUT2D eigenvalue weighted by Gasteiger charge is 2.38. The number of carbonyl (C=O) groups excluding carboxylic acids is 4. The van der Waals surface area contributed by atoms with Crippen LogP contribution < -0.4 is 0 Å². The molecule has 0 bridgehead atoms. The number of hydrogen-bond acceptors (Lipinski definition) is 5. The molecule has 2 aromatic rings. The zero-order valence-electron chi connectivity index (χ0n) is 16.4. The minimum atomic E-state index is -0.258. The fraction of sp³-hybridized carbons (Fsp3) is 0.304. The zero-order valence-corrected chi connectivity index (χ0v) is 16.4. The lowest BCUT2D eigenvalue weighted by molar-refractivity contribution is 0.0618. The Hall–Kier alpha value is -3.32. The van der Waals surface area contributed by atoms with Crippen LogP contribution in [-0.2, 0) is 0 Å². The third kappa shape index (κ3) is 3.02. The van der Waals surface area contributed by atoms with E-state index in [1.54, 1.807) is 48.5 Å². The number of benzene rings is 2. The van der Waals surface area contributed by atoms with E-state index in [1.807, 2.05) is 0 Å². The minimum absolute atomic E-state index is 0.258. The van der Waals surface area contributed by atoms with Crippen LogP contribution in [0.2, 0.25) is 0 Å². The molecule has 1 aliphatic carbocycles. The standard InChI is InChI=1S/C23H21N3O4/c27-20-16-5-1-2-6-17(16)21(28)25(20)13-11-24(15-9-10-15)12-14-26-22(29)18-7-3-4-8-19(18)23(26)30/h1-8,15H,9-14H2. The summed E-state index contributed by atoms with van der Waals surface area (Å²) in [6.45, 7) is 1.65. The number of amides is 4. The van der Waals surface area contributed by atoms with Crippen LogP contribution in [0.1, 0.15) is 54.3 Å². The van der Waals surface area contributed by atoms with Gasteiger partial charge in [-0.05, 0) is 37.1 Å². The minimum Gasteiger partial charge on any atom is -0.297 e. The normalized spacial score (nSPS) is 17.9. The van der Waals surface area contributed by atoms with Crippen molar-refractivity contribution in [3.63, 3.8) is 0 Å². The second-order valence-corrected chi connectivity index (χ2v) is 7.88. The molecule has 0 unspecified atom stereocenters. The molecule has 0 saturated heterocycles. The quantitative estimate of drug-likeness (QED) is 0.661. The average Bonchev–Trinajstić information content (AvgIpc) is 3.55. The number of hydrogen-bond donors (Lipinski definition) is 0. The van der Waals surface area contributed by atoms with Crippen molar-refractivity contribution in [3.05, 3.63) is 70.8 Å². The average molecular weight is 403 g/mol. The van der Waals surface area contributed by atoms with Gasteiger partial charge in [0.15, 0.2) is 0 Å². The van der Waals surface area contributed by atoms with Crippen molar-refractivity contribution >= 4 is 23.6 Å². The lowest BCUT2D eigenvalue weighted by atomic mass is 10.1. The molecule has 5 rings (SSSR count). The van der Waals surface area contributed by atoms with E-state index in [4.69, 9.17) is 0 Å². The van der Waals surface area contributed by atoms with E-state index < -0.39 is 0 Å². The molecule has 0 N–H and O–H groups in total. The number of fused-ring (bicyclic) bond motifs is 2. The van der Waals surface area contributed by atoms with Crippen molar-refractivity contribution in [1.82, 2.24) is 14.7 Å². The predicted molar refractivity (Wildman–Crippen MR) is 108 cm³/mol. The van der Waals surface area contributed by atoms with E-state index in [0.717, 1.165) is 12.8 Å². The molecule has 2 heterocycles. The summed E-state index contributed by atoms with van der Waals surface area (Å²) in [5.41, 5.74) is 1.80. The van der Waals surface area contributed by atoms with Gasteiger partial charge >= 0.3 is 0 Å². The van der Waals surface area contributed by atoms with Crippen LogP contribution in [0.25, 0.3) is 0 Å². The maximum atomic E-state index is 12.6. The smallest absolute Gasteiger partial charge is 0.261 e. The topological polar surface area (TPSA) is 78.0 Å². The van der Waals surface area contributed by atoms with Crippen LogP contribution >= 0.6 is 0 Å². The number of carbonyl (C=O) groups is 4. The van der Waals surface area contributed by atoms with Crippen LogP contribution in [0.4, 0.5) is 0 Å². The van der Waals surface area contributed by atoms with Gasteiger partial charge in [-0.1, -0.05) is 24.3 Å². The van der Waals surface area contributed by atoms with Gasteiger partial charge < -0.3 is 0 Å². The molecule has 2 aromatic carbocycles. The van der Waals surface area contributed by atoms with Gasteiger partial charge in [0.2, 0.25) is 0 Å². The van der Waals surface area contributed by atoms with E-state index in [2.05, 4.69) is 4.90 Å². The summed E-state index contributed by atoms with van der Waals surface area (Å²) < 4.78 is 0. The van der Waals surface area contributed by atoms with Gasteiger partial charge in [0.25, 0.3) is 23.6 Å². The van der Waals surface area contributed by atoms with Gasteiger partial charge in [0.1, 0.15) is 0 Å². The van der Waals surface area contributed by atoms with E-state index >= 15 is 0 Å². The van der Waals surface area contributed by atoms with Gasteiger partial charge in [-0.25, -0.2) is 0 Å². The Morgan fingerprint density at radius 2 is 0.967 bits per heavy atom. The van der Waals surface area contributed by atoms with E-state index in [0.29, 0.717) is 54.5 Å². The Morgan fingerprint density at radius 3 is 1.27 bits per heavy atom. The Morgan fingerprint density at radius 1 is 0.633 bits per heavy atom. The Balaban J connectivity index is 1.23. The third-order valence-corrected chi connectivity index (χ3v) is 6.04. The lowest BCUT2D eigenvalue weighted by Crippen LogP contribution is -2.43. The zero-order chi connectivity index (χ0) is 20.8. The van der Waals surface area contributed by atoms with Gasteiger partial charge in [-0.3, -0.25) is 33.9 Å². The molecule has 7 heteroatoms. The highest BCUT2D eigenvalue weighted by Crippen LogP contribution is 2.28. The van der Waals surface area contributed by atoms with Gasteiger partial charge in [0.05, 0.1) is 22.3 Å². The second-order valence-electron chi connectivity index (χ2n) is 7.88. The predicted octanol–water partition coefficient (Wildman–Crippen LogP) is 2.04. The first-order chi connectivity index (χ1) is 14.6. The SMILES string of the molecule is O=C1c2ccccc2C(=O)N1CCN(CCN1C(=O)c2ccccc2C1=O)C1CC1. The molecule has 0 aromatic heterocycles. The molecule has 0 spiro atoms. The summed E-state index contributed by atoms with van der Waals surface area (Å²) in [5, 5.41) is 0. The first-order valence-electron chi connectivity index (χ1n) is 10.2. The summed E-state index contributed by atoms with van der Waals surface area (Å²) in [7, 11) is 0. The summed E-state index contributed by atoms with van der Waals surface area (Å²) in [6, 6.07) is 14.1. The van der Waals surface area contributed by atoms with Crippen molar-refractivity contribution in [2.45, 2.75) is 18.9 Å². The molecular formula is C23H21N3O4. The molecule has 7 nitrogen and oxygen atoms in total. The monoisotopic (exact) mass is 403 g/mol. The van der Waals surface area contributed by atoms with E-state index in [-0.39, 0.29) is 23.6 Å². The number of rotatable bonds is 7. The maximum Gasteiger partial charge on any atom is 0.261 e. The summed E-state index contributed by atoms with van der Waals surface area (Å²) in [4.78, 5) is 55.1. The summed E-state index contributed by atoms with van der Waals surface area (Å²) in [5.74, 6) is -1.03. The van der Waals surface area contributed by atoms with Crippen molar-refractivity contribution in [3.8, 4) is 0 Å². The summed E-state index contributed by atoms with van der Waals surface area (Å²) in [6.07, 6.45) is 2.09. The van der Waals surface area contributed by atoms with Crippen LogP contribution in [-0.4, -0.2) is 70.5 Å². The molecular weight excluding hydrogens is 382 g/mol. The van der Waals surface area contributed by atoms with Crippen LogP contribution in [0, 0.1) is 0 Å². The van der Waals surface area contributed by atoms with E-state index in [1.165, 1.54) is 9.80 Å². The fourth-order valence-electron chi connectivity index (χ4n) is 4.26. The molecule has 1 fully saturated rings. The molecule has 2 aliphatic heterocycles. The third-order valence-electron chi connectivity index (χ3n) is 6.04. The molecule has 4 amide bonds.